The van der Waals surface area contributed by atoms with Crippen LogP contribution < -0.4 is 5.32 Å². The molecule has 24 heavy (non-hydrogen) atoms. The summed E-state index contributed by atoms with van der Waals surface area (Å²) in [5.41, 5.74) is 2.32. The Morgan fingerprint density at radius 1 is 1.25 bits per heavy atom. The minimum Gasteiger partial charge on any atom is -0.379 e. The van der Waals surface area contributed by atoms with Gasteiger partial charge in [0.05, 0.1) is 28.5 Å². The molecule has 3 rings (SSSR count). The molecule has 4 nitrogen and oxygen atoms in total. The first kappa shape index (κ1) is 17.4. The second-order valence-electron chi connectivity index (χ2n) is 5.95. The molecule has 0 saturated carbocycles. The van der Waals surface area contributed by atoms with Crippen LogP contribution in [0.15, 0.2) is 36.4 Å². The zero-order chi connectivity index (χ0) is 16.9. The molecule has 1 aliphatic heterocycles. The summed E-state index contributed by atoms with van der Waals surface area (Å²) in [5.74, 6) is -0.0780. The third-order valence-corrected chi connectivity index (χ3v) is 5.36. The lowest BCUT2D eigenvalue weighted by molar-refractivity contribution is 0.0332. The zero-order valence-corrected chi connectivity index (χ0v) is 15.2. The number of hydrogen-bond acceptors (Lipinski definition) is 4. The van der Waals surface area contributed by atoms with E-state index in [1.807, 2.05) is 0 Å². The van der Waals surface area contributed by atoms with Crippen LogP contribution in [0.4, 0.5) is 0 Å². The van der Waals surface area contributed by atoms with Crippen molar-refractivity contribution in [3.8, 4) is 0 Å². The number of amides is 1. The van der Waals surface area contributed by atoms with Crippen molar-refractivity contribution in [1.82, 2.24) is 10.2 Å². The van der Waals surface area contributed by atoms with E-state index in [-0.39, 0.29) is 11.9 Å². The summed E-state index contributed by atoms with van der Waals surface area (Å²) in [4.78, 5) is 15.5. The Kier molecular flexibility index (Phi) is 5.89. The number of thiophene rings is 1. The smallest absolute Gasteiger partial charge is 0.261 e. The van der Waals surface area contributed by atoms with E-state index in [1.165, 1.54) is 16.9 Å². The number of benzene rings is 1. The Hall–Kier alpha value is -1.40. The second kappa shape index (κ2) is 8.12. The average Bonchev–Trinajstić information content (AvgIpc) is 3.02. The van der Waals surface area contributed by atoms with Crippen LogP contribution in [0.3, 0.4) is 0 Å². The Bertz CT molecular complexity index is 681. The number of carbonyl (C=O) groups excluding carboxylic acids is 1. The van der Waals surface area contributed by atoms with Crippen molar-refractivity contribution in [2.45, 2.75) is 13.0 Å². The molecule has 0 unspecified atom stereocenters. The first-order chi connectivity index (χ1) is 11.6. The number of rotatable bonds is 5. The molecule has 0 aliphatic carbocycles. The van der Waals surface area contributed by atoms with Crippen molar-refractivity contribution in [1.29, 1.82) is 0 Å². The molecule has 1 fully saturated rings. The number of morpholine rings is 1. The number of aryl methyl sites for hydroxylation is 1. The number of ether oxygens (including phenoxy) is 1. The molecule has 128 valence electrons. The van der Waals surface area contributed by atoms with Gasteiger partial charge in [0.2, 0.25) is 0 Å². The van der Waals surface area contributed by atoms with Crippen LogP contribution in [0.1, 0.15) is 26.8 Å². The fraction of sp³-hybridized carbons (Fsp3) is 0.389. The van der Waals surface area contributed by atoms with Gasteiger partial charge in [-0.15, -0.1) is 11.3 Å². The standard InChI is InChI=1S/C18H21ClN2O2S/c1-13-2-4-14(5-3-13)15(12-21-8-10-23-11-9-21)20-18(22)16-6-7-17(19)24-16/h2-7,15H,8-12H2,1H3,(H,20,22)/t15-/m1/s1. The van der Waals surface area contributed by atoms with E-state index in [1.54, 1.807) is 12.1 Å². The summed E-state index contributed by atoms with van der Waals surface area (Å²) >= 11 is 7.25. The quantitative estimate of drug-likeness (QED) is 0.882. The highest BCUT2D eigenvalue weighted by Crippen LogP contribution is 2.23. The van der Waals surface area contributed by atoms with Crippen LogP contribution in [0, 0.1) is 6.92 Å². The van der Waals surface area contributed by atoms with Gasteiger partial charge >= 0.3 is 0 Å². The zero-order valence-electron chi connectivity index (χ0n) is 13.6. The van der Waals surface area contributed by atoms with Gasteiger partial charge in [0.15, 0.2) is 0 Å². The Morgan fingerprint density at radius 3 is 2.58 bits per heavy atom. The molecule has 1 saturated heterocycles. The van der Waals surface area contributed by atoms with Gasteiger partial charge in [-0.25, -0.2) is 0 Å². The van der Waals surface area contributed by atoms with Gasteiger partial charge in [-0.3, -0.25) is 9.69 Å². The monoisotopic (exact) mass is 364 g/mol. The van der Waals surface area contributed by atoms with Crippen molar-refractivity contribution in [3.63, 3.8) is 0 Å². The van der Waals surface area contributed by atoms with Gasteiger partial charge in [0, 0.05) is 19.6 Å². The fourth-order valence-corrected chi connectivity index (χ4v) is 3.69. The lowest BCUT2D eigenvalue weighted by atomic mass is 10.0. The lowest BCUT2D eigenvalue weighted by Crippen LogP contribution is -2.43. The molecule has 0 spiro atoms. The van der Waals surface area contributed by atoms with E-state index in [9.17, 15) is 4.79 Å². The second-order valence-corrected chi connectivity index (χ2v) is 7.67. The summed E-state index contributed by atoms with van der Waals surface area (Å²) in [6.07, 6.45) is 0. The number of nitrogens with one attached hydrogen (secondary N) is 1. The van der Waals surface area contributed by atoms with Gasteiger partial charge in [-0.05, 0) is 24.6 Å². The number of nitrogens with zero attached hydrogens (tertiary/aromatic N) is 1. The first-order valence-corrected chi connectivity index (χ1v) is 9.24. The highest BCUT2D eigenvalue weighted by molar-refractivity contribution is 7.17. The molecule has 1 aromatic carbocycles. The predicted molar refractivity (Wildman–Crippen MR) is 98.0 cm³/mol. The minimum atomic E-state index is -0.0780. The van der Waals surface area contributed by atoms with Gasteiger partial charge in [0.1, 0.15) is 0 Å². The highest BCUT2D eigenvalue weighted by Gasteiger charge is 2.21. The average molecular weight is 365 g/mol. The number of carbonyl (C=O) groups is 1. The van der Waals surface area contributed by atoms with Gasteiger partial charge in [-0.2, -0.15) is 0 Å². The number of halogens is 1. The predicted octanol–water partition coefficient (Wildman–Crippen LogP) is 3.51. The van der Waals surface area contributed by atoms with E-state index >= 15 is 0 Å². The Balaban J connectivity index is 1.75. The molecular weight excluding hydrogens is 344 g/mol. The Labute approximate surface area is 151 Å². The third kappa shape index (κ3) is 4.57. The SMILES string of the molecule is Cc1ccc([C@@H](CN2CCOCC2)NC(=O)c2ccc(Cl)s2)cc1. The number of hydrogen-bond donors (Lipinski definition) is 1. The molecule has 6 heteroatoms. The van der Waals surface area contributed by atoms with E-state index in [0.717, 1.165) is 38.4 Å². The van der Waals surface area contributed by atoms with E-state index in [2.05, 4.69) is 41.4 Å². The fourth-order valence-electron chi connectivity index (χ4n) is 2.74. The molecule has 1 aliphatic rings. The largest absolute Gasteiger partial charge is 0.379 e. The normalized spacial score (nSPS) is 16.8. The van der Waals surface area contributed by atoms with Crippen LogP contribution in [0.25, 0.3) is 0 Å². The molecule has 2 aromatic rings. The van der Waals surface area contributed by atoms with Crippen molar-refractivity contribution in [2.24, 2.45) is 0 Å². The third-order valence-electron chi connectivity index (χ3n) is 4.13. The maximum absolute atomic E-state index is 12.5. The molecule has 0 radical (unpaired) electrons. The van der Waals surface area contributed by atoms with Gasteiger partial charge in [0.25, 0.3) is 5.91 Å². The van der Waals surface area contributed by atoms with Crippen LogP contribution in [-0.4, -0.2) is 43.7 Å². The van der Waals surface area contributed by atoms with Crippen LogP contribution in [0.5, 0.6) is 0 Å². The summed E-state index contributed by atoms with van der Waals surface area (Å²) in [6.45, 7) is 6.11. The van der Waals surface area contributed by atoms with Gasteiger partial charge in [-0.1, -0.05) is 41.4 Å². The maximum Gasteiger partial charge on any atom is 0.261 e. The van der Waals surface area contributed by atoms with Crippen molar-refractivity contribution in [2.75, 3.05) is 32.8 Å². The Morgan fingerprint density at radius 2 is 1.96 bits per heavy atom. The summed E-state index contributed by atoms with van der Waals surface area (Å²) in [6, 6.07) is 11.8. The van der Waals surface area contributed by atoms with E-state index in [0.29, 0.717) is 9.21 Å². The van der Waals surface area contributed by atoms with Gasteiger partial charge < -0.3 is 10.1 Å². The van der Waals surface area contributed by atoms with Crippen LogP contribution in [0.2, 0.25) is 4.34 Å². The summed E-state index contributed by atoms with van der Waals surface area (Å²) in [7, 11) is 0. The van der Waals surface area contributed by atoms with Crippen LogP contribution >= 0.6 is 22.9 Å². The summed E-state index contributed by atoms with van der Waals surface area (Å²) < 4.78 is 6.04. The van der Waals surface area contributed by atoms with E-state index in [4.69, 9.17) is 16.3 Å². The molecular formula is C18H21ClN2O2S. The topological polar surface area (TPSA) is 41.6 Å². The lowest BCUT2D eigenvalue weighted by Gasteiger charge is -2.31. The van der Waals surface area contributed by atoms with Crippen molar-refractivity contribution < 1.29 is 9.53 Å². The molecule has 1 aromatic heterocycles. The highest BCUT2D eigenvalue weighted by atomic mass is 35.5. The molecule has 1 amide bonds. The van der Waals surface area contributed by atoms with E-state index < -0.39 is 0 Å². The molecule has 2 heterocycles. The minimum absolute atomic E-state index is 0.0583. The van der Waals surface area contributed by atoms with Crippen molar-refractivity contribution >= 4 is 28.8 Å². The van der Waals surface area contributed by atoms with Crippen LogP contribution in [-0.2, 0) is 4.74 Å². The molecule has 1 N–H and O–H groups in total. The maximum atomic E-state index is 12.5. The molecule has 1 atom stereocenters. The first-order valence-electron chi connectivity index (χ1n) is 8.05. The van der Waals surface area contributed by atoms with Crippen molar-refractivity contribution in [3.05, 3.63) is 56.7 Å². The molecule has 0 bridgehead atoms. The summed E-state index contributed by atoms with van der Waals surface area (Å²) in [5, 5.41) is 3.16.